The van der Waals surface area contributed by atoms with E-state index in [1.165, 1.54) is 0 Å². The third-order valence-electron chi connectivity index (χ3n) is 4.63. The normalized spacial score (nSPS) is 11.2. The van der Waals surface area contributed by atoms with E-state index < -0.39 is 9.84 Å². The van der Waals surface area contributed by atoms with E-state index in [1.54, 1.807) is 36.4 Å². The average Bonchev–Trinajstić information content (AvgIpc) is 2.74. The zero-order valence-corrected chi connectivity index (χ0v) is 18.2. The van der Waals surface area contributed by atoms with E-state index in [1.807, 2.05) is 48.5 Å². The molecule has 0 saturated carbocycles. The first-order valence-corrected chi connectivity index (χ1v) is 12.1. The summed E-state index contributed by atoms with van der Waals surface area (Å²) in [5.74, 6) is -0.195. The highest BCUT2D eigenvalue weighted by molar-refractivity contribution is 7.89. The number of hydrogen-bond acceptors (Lipinski definition) is 4. The zero-order chi connectivity index (χ0) is 21.9. The smallest absolute Gasteiger partial charge is 0.224 e. The number of rotatable bonds is 11. The first kappa shape index (κ1) is 22.7. The predicted octanol–water partition coefficient (Wildman–Crippen LogP) is 4.74. The molecule has 3 rings (SSSR count). The molecule has 6 heteroatoms. The number of sulfone groups is 1. The summed E-state index contributed by atoms with van der Waals surface area (Å²) in [7, 11) is -3.31. The molecule has 162 valence electrons. The Balaban J connectivity index is 1.43. The maximum absolute atomic E-state index is 12.5. The number of amides is 1. The lowest BCUT2D eigenvalue weighted by Crippen LogP contribution is -2.13. The quantitative estimate of drug-likeness (QED) is 0.440. The summed E-state index contributed by atoms with van der Waals surface area (Å²) >= 11 is 0. The summed E-state index contributed by atoms with van der Waals surface area (Å²) in [6.45, 7) is 1.03. The van der Waals surface area contributed by atoms with Crippen molar-refractivity contribution in [2.24, 2.45) is 0 Å². The van der Waals surface area contributed by atoms with Crippen LogP contribution in [0.25, 0.3) is 0 Å². The molecule has 0 bridgehead atoms. The summed E-state index contributed by atoms with van der Waals surface area (Å²) in [4.78, 5) is 12.2. The van der Waals surface area contributed by atoms with Gasteiger partial charge in [0.25, 0.3) is 0 Å². The van der Waals surface area contributed by atoms with Gasteiger partial charge in [0.15, 0.2) is 9.84 Å². The Morgan fingerprint density at radius 2 is 1.39 bits per heavy atom. The average molecular weight is 438 g/mol. The molecule has 0 aliphatic carbocycles. The summed E-state index contributed by atoms with van der Waals surface area (Å²) in [6, 6.07) is 26.0. The molecule has 1 N–H and O–H groups in total. The molecule has 3 aromatic carbocycles. The molecular formula is C25H27NO4S. The van der Waals surface area contributed by atoms with Crippen molar-refractivity contribution in [2.75, 3.05) is 11.9 Å². The van der Waals surface area contributed by atoms with Gasteiger partial charge in [-0.3, -0.25) is 4.79 Å². The fraction of sp³-hybridized carbons (Fsp3) is 0.240. The summed E-state index contributed by atoms with van der Waals surface area (Å²) < 4.78 is 30.6. The molecule has 0 atom stereocenters. The number of hydrogen-bond donors (Lipinski definition) is 1. The lowest BCUT2D eigenvalue weighted by atomic mass is 10.2. The van der Waals surface area contributed by atoms with Gasteiger partial charge >= 0.3 is 0 Å². The van der Waals surface area contributed by atoms with E-state index in [2.05, 4.69) is 5.32 Å². The fourth-order valence-corrected chi connectivity index (χ4v) is 4.68. The molecule has 0 heterocycles. The highest BCUT2D eigenvalue weighted by atomic mass is 32.2. The van der Waals surface area contributed by atoms with Gasteiger partial charge < -0.3 is 10.1 Å². The number of carbonyl (C=O) groups excluding carboxylic acids is 1. The minimum atomic E-state index is -3.31. The zero-order valence-electron chi connectivity index (χ0n) is 17.4. The molecule has 3 aromatic rings. The fourth-order valence-electron chi connectivity index (χ4n) is 3.19. The molecule has 31 heavy (non-hydrogen) atoms. The maximum Gasteiger partial charge on any atom is 0.224 e. The minimum absolute atomic E-state index is 0.00654. The largest absolute Gasteiger partial charge is 0.377 e. The number of nitrogens with one attached hydrogen (secondary N) is 1. The molecule has 0 fully saturated rings. The lowest BCUT2D eigenvalue weighted by Gasteiger charge is -2.09. The number of ether oxygens (including phenoxy) is 1. The van der Waals surface area contributed by atoms with Crippen molar-refractivity contribution >= 4 is 21.4 Å². The molecule has 0 aliphatic heterocycles. The van der Waals surface area contributed by atoms with Crippen molar-refractivity contribution in [3.63, 3.8) is 0 Å². The van der Waals surface area contributed by atoms with Gasteiger partial charge in [0.1, 0.15) is 0 Å². The van der Waals surface area contributed by atoms with Crippen LogP contribution in [0.2, 0.25) is 0 Å². The van der Waals surface area contributed by atoms with E-state index in [9.17, 15) is 13.2 Å². The second-order valence-electron chi connectivity index (χ2n) is 7.41. The van der Waals surface area contributed by atoms with Crippen LogP contribution in [0, 0.1) is 0 Å². The maximum atomic E-state index is 12.5. The van der Waals surface area contributed by atoms with Crippen molar-refractivity contribution in [2.45, 2.75) is 31.0 Å². The second-order valence-corrected chi connectivity index (χ2v) is 9.47. The summed E-state index contributed by atoms with van der Waals surface area (Å²) in [5, 5.41) is 2.84. The Kier molecular flexibility index (Phi) is 8.38. The molecule has 0 aliphatic rings. The highest BCUT2D eigenvalue weighted by Crippen LogP contribution is 2.16. The van der Waals surface area contributed by atoms with Crippen LogP contribution >= 0.6 is 0 Å². The van der Waals surface area contributed by atoms with E-state index in [0.717, 1.165) is 11.1 Å². The lowest BCUT2D eigenvalue weighted by molar-refractivity contribution is -0.116. The van der Waals surface area contributed by atoms with E-state index in [4.69, 9.17) is 4.74 Å². The Morgan fingerprint density at radius 3 is 2.10 bits per heavy atom. The van der Waals surface area contributed by atoms with Crippen molar-refractivity contribution in [1.82, 2.24) is 0 Å². The molecule has 0 spiro atoms. The van der Waals surface area contributed by atoms with Crippen molar-refractivity contribution in [3.05, 3.63) is 102 Å². The van der Waals surface area contributed by atoms with Crippen LogP contribution in [-0.4, -0.2) is 20.9 Å². The number of carbonyl (C=O) groups is 1. The van der Waals surface area contributed by atoms with Crippen LogP contribution in [0.4, 0.5) is 5.69 Å². The molecule has 0 unspecified atom stereocenters. The van der Waals surface area contributed by atoms with Crippen molar-refractivity contribution < 1.29 is 17.9 Å². The van der Waals surface area contributed by atoms with E-state index in [-0.39, 0.29) is 17.4 Å². The van der Waals surface area contributed by atoms with Crippen LogP contribution in [0.15, 0.2) is 84.9 Å². The Labute approximate surface area is 184 Å². The number of benzene rings is 3. The molecular weight excluding hydrogens is 410 g/mol. The van der Waals surface area contributed by atoms with Crippen LogP contribution in [-0.2, 0) is 37.5 Å². The SMILES string of the molecule is O=C(CCCOCc1ccccc1)Nc1cccc(CS(=O)(=O)Cc2ccccc2)c1. The van der Waals surface area contributed by atoms with Crippen LogP contribution < -0.4 is 5.32 Å². The van der Waals surface area contributed by atoms with Crippen molar-refractivity contribution in [1.29, 1.82) is 0 Å². The molecule has 5 nitrogen and oxygen atoms in total. The summed E-state index contributed by atoms with van der Waals surface area (Å²) in [5.41, 5.74) is 3.12. The standard InChI is InChI=1S/C25H27NO4S/c27-25(15-8-16-30-18-21-9-3-1-4-10-21)26-24-14-7-13-23(17-24)20-31(28,29)19-22-11-5-2-6-12-22/h1-7,9-14,17H,8,15-16,18-20H2,(H,26,27). The first-order chi connectivity index (χ1) is 15.0. The van der Waals surface area contributed by atoms with Gasteiger partial charge in [-0.25, -0.2) is 8.42 Å². The molecule has 0 aromatic heterocycles. The third kappa shape index (κ3) is 8.36. The van der Waals surface area contributed by atoms with Crippen LogP contribution in [0.1, 0.15) is 29.5 Å². The monoisotopic (exact) mass is 437 g/mol. The van der Waals surface area contributed by atoms with E-state index in [0.29, 0.717) is 37.3 Å². The second kappa shape index (κ2) is 11.4. The van der Waals surface area contributed by atoms with Crippen LogP contribution in [0.5, 0.6) is 0 Å². The third-order valence-corrected chi connectivity index (χ3v) is 6.18. The van der Waals surface area contributed by atoms with Crippen molar-refractivity contribution in [3.8, 4) is 0 Å². The van der Waals surface area contributed by atoms with E-state index >= 15 is 0 Å². The van der Waals surface area contributed by atoms with Crippen LogP contribution in [0.3, 0.4) is 0 Å². The first-order valence-electron chi connectivity index (χ1n) is 10.2. The molecule has 0 saturated heterocycles. The van der Waals surface area contributed by atoms with Gasteiger partial charge in [0.05, 0.1) is 18.1 Å². The highest BCUT2D eigenvalue weighted by Gasteiger charge is 2.14. The van der Waals surface area contributed by atoms with Gasteiger partial charge in [0, 0.05) is 18.7 Å². The molecule has 0 radical (unpaired) electrons. The van der Waals surface area contributed by atoms with Gasteiger partial charge in [0.2, 0.25) is 5.91 Å². The Hall–Kier alpha value is -2.96. The van der Waals surface area contributed by atoms with Gasteiger partial charge in [-0.1, -0.05) is 72.8 Å². The minimum Gasteiger partial charge on any atom is -0.377 e. The Morgan fingerprint density at radius 1 is 0.774 bits per heavy atom. The topological polar surface area (TPSA) is 72.5 Å². The summed E-state index contributed by atoms with van der Waals surface area (Å²) in [6.07, 6.45) is 0.954. The number of anilines is 1. The Bertz CT molecular complexity index is 1070. The van der Waals surface area contributed by atoms with Gasteiger partial charge in [-0.15, -0.1) is 0 Å². The van der Waals surface area contributed by atoms with Gasteiger partial charge in [-0.05, 0) is 35.2 Å². The molecule has 1 amide bonds. The van der Waals surface area contributed by atoms with Gasteiger partial charge in [-0.2, -0.15) is 0 Å². The predicted molar refractivity (Wildman–Crippen MR) is 123 cm³/mol.